The molecule has 5 nitrogen and oxygen atoms in total. The number of nitrogens with zero attached hydrogens (tertiary/aromatic N) is 3. The molecular weight excluding hydrogens is 343 g/mol. The lowest BCUT2D eigenvalue weighted by atomic mass is 10.3. The van der Waals surface area contributed by atoms with E-state index in [4.69, 9.17) is 10.5 Å². The maximum absolute atomic E-state index is 5.91. The Labute approximate surface area is 124 Å². The van der Waals surface area contributed by atoms with Gasteiger partial charge in [0.2, 0.25) is 0 Å². The van der Waals surface area contributed by atoms with Gasteiger partial charge < -0.3 is 15.4 Å². The minimum atomic E-state index is 0. The minimum absolute atomic E-state index is 0. The topological polar surface area (TPSA) is 63.7 Å². The van der Waals surface area contributed by atoms with Gasteiger partial charge in [0.15, 0.2) is 5.96 Å². The maximum atomic E-state index is 5.91. The van der Waals surface area contributed by atoms with Gasteiger partial charge in [-0.1, -0.05) is 6.07 Å². The second kappa shape index (κ2) is 8.25. The molecule has 1 fully saturated rings. The van der Waals surface area contributed by atoms with Gasteiger partial charge in [-0.05, 0) is 12.1 Å². The van der Waals surface area contributed by atoms with Crippen LogP contribution < -0.4 is 5.73 Å². The number of rotatable bonds is 3. The van der Waals surface area contributed by atoms with E-state index >= 15 is 0 Å². The van der Waals surface area contributed by atoms with E-state index < -0.39 is 0 Å². The highest BCUT2D eigenvalue weighted by Crippen LogP contribution is 1.98. The number of aromatic nitrogens is 1. The SMILES string of the molecule is I.NC(=NCCc1ccccn1)N1CCOCC1. The van der Waals surface area contributed by atoms with E-state index in [1.54, 1.807) is 6.20 Å². The number of aliphatic imine (C=N–C) groups is 1. The molecule has 18 heavy (non-hydrogen) atoms. The van der Waals surface area contributed by atoms with Crippen LogP contribution in [-0.4, -0.2) is 48.7 Å². The predicted octanol–water partition coefficient (Wildman–Crippen LogP) is 0.889. The van der Waals surface area contributed by atoms with E-state index in [1.165, 1.54) is 0 Å². The Hall–Kier alpha value is -0.890. The second-order valence-corrected chi connectivity index (χ2v) is 3.91. The largest absolute Gasteiger partial charge is 0.378 e. The van der Waals surface area contributed by atoms with E-state index in [1.807, 2.05) is 18.2 Å². The number of halogens is 1. The average Bonchev–Trinajstić information content (AvgIpc) is 2.41. The number of morpholine rings is 1. The van der Waals surface area contributed by atoms with Gasteiger partial charge in [-0.25, -0.2) is 0 Å². The molecule has 1 aromatic heterocycles. The summed E-state index contributed by atoms with van der Waals surface area (Å²) in [5, 5.41) is 0. The van der Waals surface area contributed by atoms with E-state index in [0.29, 0.717) is 12.5 Å². The summed E-state index contributed by atoms with van der Waals surface area (Å²) < 4.78 is 5.26. The van der Waals surface area contributed by atoms with Gasteiger partial charge in [0, 0.05) is 37.9 Å². The van der Waals surface area contributed by atoms with Crippen LogP contribution in [0.15, 0.2) is 29.4 Å². The van der Waals surface area contributed by atoms with Crippen LogP contribution in [0.1, 0.15) is 5.69 Å². The molecule has 0 aromatic carbocycles. The summed E-state index contributed by atoms with van der Waals surface area (Å²) in [4.78, 5) is 10.7. The summed E-state index contributed by atoms with van der Waals surface area (Å²) in [6.07, 6.45) is 2.62. The van der Waals surface area contributed by atoms with Crippen LogP contribution in [0.2, 0.25) is 0 Å². The zero-order valence-electron chi connectivity index (χ0n) is 10.3. The first-order valence-electron chi connectivity index (χ1n) is 5.89. The van der Waals surface area contributed by atoms with Gasteiger partial charge in [0.1, 0.15) is 0 Å². The van der Waals surface area contributed by atoms with E-state index in [9.17, 15) is 0 Å². The summed E-state index contributed by atoms with van der Waals surface area (Å²) in [5.74, 6) is 0.615. The van der Waals surface area contributed by atoms with Gasteiger partial charge in [0.05, 0.1) is 13.2 Å². The molecule has 1 aliphatic rings. The van der Waals surface area contributed by atoms with Gasteiger partial charge in [-0.3, -0.25) is 9.98 Å². The number of hydrogen-bond donors (Lipinski definition) is 1. The smallest absolute Gasteiger partial charge is 0.191 e. The summed E-state index contributed by atoms with van der Waals surface area (Å²) in [6, 6.07) is 5.90. The Morgan fingerprint density at radius 1 is 1.39 bits per heavy atom. The predicted molar refractivity (Wildman–Crippen MR) is 82.2 cm³/mol. The number of hydrogen-bond acceptors (Lipinski definition) is 3. The Balaban J connectivity index is 0.00000162. The quantitative estimate of drug-likeness (QED) is 0.493. The van der Waals surface area contributed by atoms with Gasteiger partial charge in [-0.2, -0.15) is 0 Å². The van der Waals surface area contributed by atoms with Crippen LogP contribution in [-0.2, 0) is 11.2 Å². The Bertz CT molecular complexity index is 366. The molecule has 0 bridgehead atoms. The van der Waals surface area contributed by atoms with Gasteiger partial charge >= 0.3 is 0 Å². The van der Waals surface area contributed by atoms with Crippen LogP contribution in [0.4, 0.5) is 0 Å². The average molecular weight is 362 g/mol. The standard InChI is InChI=1S/C12H18N4O.HI/c13-12(16-7-9-17-10-8-16)15-6-4-11-3-1-2-5-14-11;/h1-3,5H,4,6-10H2,(H2,13,15);1H. The van der Waals surface area contributed by atoms with E-state index in [0.717, 1.165) is 38.4 Å². The molecule has 100 valence electrons. The van der Waals surface area contributed by atoms with Crippen molar-refractivity contribution in [1.29, 1.82) is 0 Å². The lowest BCUT2D eigenvalue weighted by Gasteiger charge is -2.27. The molecular formula is C12H19IN4O. The van der Waals surface area contributed by atoms with Crippen molar-refractivity contribution in [3.05, 3.63) is 30.1 Å². The van der Waals surface area contributed by atoms with Crippen molar-refractivity contribution < 1.29 is 4.74 Å². The van der Waals surface area contributed by atoms with Crippen LogP contribution in [0.3, 0.4) is 0 Å². The molecule has 0 amide bonds. The second-order valence-electron chi connectivity index (χ2n) is 3.91. The summed E-state index contributed by atoms with van der Waals surface area (Å²) in [7, 11) is 0. The zero-order valence-corrected chi connectivity index (χ0v) is 12.6. The van der Waals surface area contributed by atoms with Crippen molar-refractivity contribution in [1.82, 2.24) is 9.88 Å². The number of nitrogens with two attached hydrogens (primary N) is 1. The molecule has 0 unspecified atom stereocenters. The lowest BCUT2D eigenvalue weighted by molar-refractivity contribution is 0.0674. The van der Waals surface area contributed by atoms with Gasteiger partial charge in [-0.15, -0.1) is 24.0 Å². The van der Waals surface area contributed by atoms with Crippen LogP contribution in [0, 0.1) is 0 Å². The monoisotopic (exact) mass is 362 g/mol. The van der Waals surface area contributed by atoms with E-state index in [-0.39, 0.29) is 24.0 Å². The van der Waals surface area contributed by atoms with Crippen molar-refractivity contribution in [3.8, 4) is 0 Å². The van der Waals surface area contributed by atoms with E-state index in [2.05, 4.69) is 14.9 Å². The Morgan fingerprint density at radius 3 is 2.83 bits per heavy atom. The number of guanidine groups is 1. The zero-order chi connectivity index (χ0) is 11.9. The highest BCUT2D eigenvalue weighted by Gasteiger charge is 2.11. The molecule has 0 aliphatic carbocycles. The molecule has 1 aliphatic heterocycles. The number of pyridine rings is 1. The molecule has 1 aromatic rings. The molecule has 2 N–H and O–H groups in total. The summed E-state index contributed by atoms with van der Waals surface area (Å²) in [6.45, 7) is 3.81. The molecule has 0 radical (unpaired) electrons. The third-order valence-electron chi connectivity index (χ3n) is 2.70. The normalized spacial score (nSPS) is 16.2. The van der Waals surface area contributed by atoms with Crippen molar-refractivity contribution in [2.75, 3.05) is 32.8 Å². The fourth-order valence-electron chi connectivity index (χ4n) is 1.72. The lowest BCUT2D eigenvalue weighted by Crippen LogP contribution is -2.44. The Kier molecular flexibility index (Phi) is 6.96. The fraction of sp³-hybridized carbons (Fsp3) is 0.500. The molecule has 0 spiro atoms. The number of ether oxygens (including phenoxy) is 1. The molecule has 0 atom stereocenters. The summed E-state index contributed by atoms with van der Waals surface area (Å²) >= 11 is 0. The maximum Gasteiger partial charge on any atom is 0.191 e. The first kappa shape index (κ1) is 15.2. The first-order valence-corrected chi connectivity index (χ1v) is 5.89. The third-order valence-corrected chi connectivity index (χ3v) is 2.70. The first-order chi connectivity index (χ1) is 8.36. The fourth-order valence-corrected chi connectivity index (χ4v) is 1.72. The van der Waals surface area contributed by atoms with Gasteiger partial charge in [0.25, 0.3) is 0 Å². The Morgan fingerprint density at radius 2 is 2.17 bits per heavy atom. The summed E-state index contributed by atoms with van der Waals surface area (Å²) in [5.41, 5.74) is 6.96. The highest BCUT2D eigenvalue weighted by atomic mass is 127. The third kappa shape index (κ3) is 4.77. The molecule has 2 rings (SSSR count). The molecule has 2 heterocycles. The van der Waals surface area contributed by atoms with Crippen LogP contribution in [0.25, 0.3) is 0 Å². The van der Waals surface area contributed by atoms with Crippen LogP contribution in [0.5, 0.6) is 0 Å². The van der Waals surface area contributed by atoms with Crippen molar-refractivity contribution in [2.45, 2.75) is 6.42 Å². The van der Waals surface area contributed by atoms with Crippen molar-refractivity contribution in [2.24, 2.45) is 10.7 Å². The van der Waals surface area contributed by atoms with Crippen molar-refractivity contribution in [3.63, 3.8) is 0 Å². The molecule has 1 saturated heterocycles. The van der Waals surface area contributed by atoms with Crippen molar-refractivity contribution >= 4 is 29.9 Å². The van der Waals surface area contributed by atoms with Crippen LogP contribution >= 0.6 is 24.0 Å². The molecule has 6 heteroatoms. The minimum Gasteiger partial charge on any atom is -0.378 e. The molecule has 0 saturated carbocycles. The highest BCUT2D eigenvalue weighted by molar-refractivity contribution is 14.0.